The summed E-state index contributed by atoms with van der Waals surface area (Å²) in [7, 11) is 1.68. The molecule has 3 rings (SSSR count). The Kier molecular flexibility index (Phi) is 5.73. The van der Waals surface area contributed by atoms with Gasteiger partial charge in [-0.05, 0) is 69.0 Å². The number of rotatable bonds is 4. The Morgan fingerprint density at radius 1 is 1.00 bits per heavy atom. The van der Waals surface area contributed by atoms with Crippen LogP contribution in [0.4, 0.5) is 5.69 Å². The van der Waals surface area contributed by atoms with E-state index in [0.29, 0.717) is 0 Å². The summed E-state index contributed by atoms with van der Waals surface area (Å²) in [5.74, 6) is 0.804. The van der Waals surface area contributed by atoms with Crippen molar-refractivity contribution in [3.8, 4) is 16.9 Å². The summed E-state index contributed by atoms with van der Waals surface area (Å²) in [4.78, 5) is 14.7. The number of esters is 1. The standard InChI is InChI=1S/C23H29NO3/c1-23(2,3)27-22(25)18-12-14-24(15-13-18)20-7-5-6-19(16-20)17-8-10-21(26-4)11-9-17/h5-11,16,18H,12-15H2,1-4H3. The Morgan fingerprint density at radius 3 is 2.26 bits per heavy atom. The van der Waals surface area contributed by atoms with E-state index in [9.17, 15) is 4.79 Å². The zero-order valence-corrected chi connectivity index (χ0v) is 16.7. The average Bonchev–Trinajstić information content (AvgIpc) is 2.67. The number of anilines is 1. The second kappa shape index (κ2) is 8.03. The van der Waals surface area contributed by atoms with Crippen molar-refractivity contribution in [2.75, 3.05) is 25.1 Å². The molecule has 0 unspecified atom stereocenters. The molecule has 1 aliphatic heterocycles. The molecule has 0 aliphatic carbocycles. The average molecular weight is 367 g/mol. The first kappa shape index (κ1) is 19.3. The van der Waals surface area contributed by atoms with Crippen molar-refractivity contribution in [3.05, 3.63) is 48.5 Å². The molecule has 0 N–H and O–H groups in total. The molecule has 0 bridgehead atoms. The molecule has 27 heavy (non-hydrogen) atoms. The van der Waals surface area contributed by atoms with E-state index in [1.54, 1.807) is 7.11 Å². The van der Waals surface area contributed by atoms with Gasteiger partial charge in [0.2, 0.25) is 0 Å². The van der Waals surface area contributed by atoms with Crippen LogP contribution < -0.4 is 9.64 Å². The number of hydrogen-bond acceptors (Lipinski definition) is 4. The van der Waals surface area contributed by atoms with Crippen LogP contribution in [0, 0.1) is 5.92 Å². The van der Waals surface area contributed by atoms with Gasteiger partial charge in [-0.15, -0.1) is 0 Å². The fraction of sp³-hybridized carbons (Fsp3) is 0.435. The van der Waals surface area contributed by atoms with Crippen molar-refractivity contribution in [2.24, 2.45) is 5.92 Å². The molecule has 144 valence electrons. The van der Waals surface area contributed by atoms with Crippen LogP contribution in [0.15, 0.2) is 48.5 Å². The second-order valence-electron chi connectivity index (χ2n) is 8.07. The fourth-order valence-electron chi connectivity index (χ4n) is 3.42. The third kappa shape index (κ3) is 5.03. The molecule has 2 aromatic rings. The first-order valence-electron chi connectivity index (χ1n) is 9.58. The molecule has 1 aliphatic rings. The predicted molar refractivity (Wildman–Crippen MR) is 109 cm³/mol. The Labute approximate surface area is 162 Å². The number of benzene rings is 2. The van der Waals surface area contributed by atoms with Gasteiger partial charge in [0.1, 0.15) is 11.4 Å². The van der Waals surface area contributed by atoms with Crippen molar-refractivity contribution in [1.82, 2.24) is 0 Å². The number of nitrogens with zero attached hydrogens (tertiary/aromatic N) is 1. The lowest BCUT2D eigenvalue weighted by Gasteiger charge is -2.34. The Morgan fingerprint density at radius 2 is 1.67 bits per heavy atom. The highest BCUT2D eigenvalue weighted by Gasteiger charge is 2.29. The summed E-state index contributed by atoms with van der Waals surface area (Å²) in [5.41, 5.74) is 3.14. The van der Waals surface area contributed by atoms with E-state index < -0.39 is 5.60 Å². The van der Waals surface area contributed by atoms with Gasteiger partial charge in [0, 0.05) is 18.8 Å². The van der Waals surface area contributed by atoms with E-state index >= 15 is 0 Å². The molecule has 1 saturated heterocycles. The highest BCUT2D eigenvalue weighted by Crippen LogP contribution is 2.29. The summed E-state index contributed by atoms with van der Waals surface area (Å²) in [6.07, 6.45) is 1.67. The van der Waals surface area contributed by atoms with Crippen LogP contribution in [0.2, 0.25) is 0 Å². The number of methoxy groups -OCH3 is 1. The zero-order valence-electron chi connectivity index (χ0n) is 16.7. The first-order valence-corrected chi connectivity index (χ1v) is 9.58. The van der Waals surface area contributed by atoms with Gasteiger partial charge in [-0.3, -0.25) is 4.79 Å². The minimum absolute atomic E-state index is 0.00486. The molecule has 0 atom stereocenters. The highest BCUT2D eigenvalue weighted by molar-refractivity contribution is 5.74. The van der Waals surface area contributed by atoms with Gasteiger partial charge in [0.25, 0.3) is 0 Å². The predicted octanol–water partition coefficient (Wildman–Crippen LogP) is 4.92. The summed E-state index contributed by atoms with van der Waals surface area (Å²) in [6.45, 7) is 7.51. The maximum atomic E-state index is 12.3. The molecular formula is C23H29NO3. The highest BCUT2D eigenvalue weighted by atomic mass is 16.6. The molecular weight excluding hydrogens is 338 g/mol. The van der Waals surface area contributed by atoms with Crippen molar-refractivity contribution in [1.29, 1.82) is 0 Å². The number of carbonyl (C=O) groups is 1. The van der Waals surface area contributed by atoms with E-state index in [0.717, 1.165) is 31.7 Å². The van der Waals surface area contributed by atoms with Crippen LogP contribution in [-0.2, 0) is 9.53 Å². The van der Waals surface area contributed by atoms with Crippen molar-refractivity contribution >= 4 is 11.7 Å². The van der Waals surface area contributed by atoms with Crippen molar-refractivity contribution < 1.29 is 14.3 Å². The monoisotopic (exact) mass is 367 g/mol. The van der Waals surface area contributed by atoms with Crippen LogP contribution in [0.3, 0.4) is 0 Å². The first-order chi connectivity index (χ1) is 12.9. The maximum Gasteiger partial charge on any atom is 0.309 e. The minimum atomic E-state index is -0.416. The normalized spacial score (nSPS) is 15.5. The van der Waals surface area contributed by atoms with E-state index in [2.05, 4.69) is 41.3 Å². The number of carbonyl (C=O) groups excluding carboxylic acids is 1. The van der Waals surface area contributed by atoms with E-state index in [1.807, 2.05) is 32.9 Å². The van der Waals surface area contributed by atoms with Crippen LogP contribution >= 0.6 is 0 Å². The molecule has 0 aromatic heterocycles. The molecule has 0 saturated carbocycles. The van der Waals surface area contributed by atoms with Crippen LogP contribution in [-0.4, -0.2) is 31.8 Å². The SMILES string of the molecule is COc1ccc(-c2cccc(N3CCC(C(=O)OC(C)(C)C)CC3)c2)cc1. The molecule has 4 nitrogen and oxygen atoms in total. The Hall–Kier alpha value is -2.49. The second-order valence-corrected chi connectivity index (χ2v) is 8.07. The van der Waals surface area contributed by atoms with Crippen LogP contribution in [0.5, 0.6) is 5.75 Å². The van der Waals surface area contributed by atoms with E-state index in [1.165, 1.54) is 16.8 Å². The van der Waals surface area contributed by atoms with Crippen molar-refractivity contribution in [2.45, 2.75) is 39.2 Å². The number of piperidine rings is 1. The van der Waals surface area contributed by atoms with E-state index in [-0.39, 0.29) is 11.9 Å². The summed E-state index contributed by atoms with van der Waals surface area (Å²) >= 11 is 0. The van der Waals surface area contributed by atoms with Crippen molar-refractivity contribution in [3.63, 3.8) is 0 Å². The van der Waals surface area contributed by atoms with Gasteiger partial charge < -0.3 is 14.4 Å². The van der Waals surface area contributed by atoms with Gasteiger partial charge in [-0.1, -0.05) is 24.3 Å². The van der Waals surface area contributed by atoms with Crippen LogP contribution in [0.1, 0.15) is 33.6 Å². The summed E-state index contributed by atoms with van der Waals surface area (Å²) in [6, 6.07) is 16.7. The lowest BCUT2D eigenvalue weighted by Crippen LogP contribution is -2.38. The third-order valence-electron chi connectivity index (χ3n) is 4.87. The quantitative estimate of drug-likeness (QED) is 0.719. The topological polar surface area (TPSA) is 38.8 Å². The molecule has 4 heteroatoms. The molecule has 0 radical (unpaired) electrons. The molecule has 1 heterocycles. The molecule has 2 aromatic carbocycles. The zero-order chi connectivity index (χ0) is 19.4. The smallest absolute Gasteiger partial charge is 0.309 e. The summed E-state index contributed by atoms with van der Waals surface area (Å²) < 4.78 is 10.8. The molecule has 0 amide bonds. The van der Waals surface area contributed by atoms with Gasteiger partial charge in [-0.2, -0.15) is 0 Å². The largest absolute Gasteiger partial charge is 0.497 e. The Balaban J connectivity index is 1.65. The lowest BCUT2D eigenvalue weighted by molar-refractivity contribution is -0.160. The van der Waals surface area contributed by atoms with Gasteiger partial charge in [-0.25, -0.2) is 0 Å². The maximum absolute atomic E-state index is 12.3. The number of ether oxygens (including phenoxy) is 2. The van der Waals surface area contributed by atoms with E-state index in [4.69, 9.17) is 9.47 Å². The van der Waals surface area contributed by atoms with Crippen LogP contribution in [0.25, 0.3) is 11.1 Å². The fourth-order valence-corrected chi connectivity index (χ4v) is 3.42. The van der Waals surface area contributed by atoms with Gasteiger partial charge >= 0.3 is 5.97 Å². The minimum Gasteiger partial charge on any atom is -0.497 e. The summed E-state index contributed by atoms with van der Waals surface area (Å²) in [5, 5.41) is 0. The number of hydrogen-bond donors (Lipinski definition) is 0. The van der Waals surface area contributed by atoms with Gasteiger partial charge in [0.15, 0.2) is 0 Å². The lowest BCUT2D eigenvalue weighted by atomic mass is 9.95. The van der Waals surface area contributed by atoms with Gasteiger partial charge in [0.05, 0.1) is 13.0 Å². The molecule has 0 spiro atoms. The molecule has 1 fully saturated rings. The third-order valence-corrected chi connectivity index (χ3v) is 4.87. The Bertz CT molecular complexity index is 769.